The molecule has 3 N–H and O–H groups in total. The minimum Gasteiger partial charge on any atom is -0.448 e. The molecule has 0 amide bonds. The number of hydrogen-bond donors (Lipinski definition) is 3. The second kappa shape index (κ2) is 7.46. The quantitative estimate of drug-likeness (QED) is 0.615. The Morgan fingerprint density at radius 1 is 1.29 bits per heavy atom. The first-order valence-electron chi connectivity index (χ1n) is 8.67. The number of nitriles is 1. The van der Waals surface area contributed by atoms with Crippen LogP contribution in [0.3, 0.4) is 0 Å². The average Bonchev–Trinajstić information content (AvgIpc) is 3.36. The molecule has 4 rings (SSSR count). The molecule has 8 heteroatoms. The van der Waals surface area contributed by atoms with Gasteiger partial charge < -0.3 is 15.2 Å². The smallest absolute Gasteiger partial charge is 0.240 e. The fourth-order valence-corrected chi connectivity index (χ4v) is 3.96. The summed E-state index contributed by atoms with van der Waals surface area (Å²) in [5.74, 6) is -0.00562. The zero-order chi connectivity index (χ0) is 19.7. The molecule has 3 aromatic rings. The number of benzene rings is 2. The molecule has 1 aromatic heterocycles. The summed E-state index contributed by atoms with van der Waals surface area (Å²) in [6, 6.07) is 13.0. The molecule has 0 saturated heterocycles. The Balaban J connectivity index is 1.56. The summed E-state index contributed by atoms with van der Waals surface area (Å²) in [6.07, 6.45) is -1.38. The lowest BCUT2D eigenvalue weighted by atomic mass is 10.1. The number of hydrazone groups is 1. The van der Waals surface area contributed by atoms with Crippen LogP contribution in [0.1, 0.15) is 18.1 Å². The van der Waals surface area contributed by atoms with Crippen LogP contribution in [0, 0.1) is 17.1 Å². The summed E-state index contributed by atoms with van der Waals surface area (Å²) in [6.45, 7) is 1.66. The topological polar surface area (TPSA) is 89.7 Å². The first-order valence-corrected chi connectivity index (χ1v) is 9.55. The number of aliphatic hydroxyl groups excluding tert-OH is 1. The summed E-state index contributed by atoms with van der Waals surface area (Å²) >= 11 is 1.49. The Labute approximate surface area is 164 Å². The molecular formula is C20H17FN4O2S. The molecule has 0 bridgehead atoms. The minimum absolute atomic E-state index is 0.331. The first kappa shape index (κ1) is 18.2. The number of anilines is 1. The van der Waals surface area contributed by atoms with Crippen molar-refractivity contribution in [2.45, 2.75) is 25.3 Å². The molecule has 2 heterocycles. The molecule has 1 aliphatic rings. The standard InChI is InChI=1S/C20H17FN4O2S/c1-11(26)17(20-25-24-19(27-20)12-2-5-14(21)6-3-12)23-16-7-4-13(10-22)18-15(16)8-9-28-18/h2-9,11,17,20,23,25-26H,1H3/t11-,17-,20?/m1/s1. The number of nitrogens with zero attached hydrogens (tertiary/aromatic N) is 2. The number of halogens is 1. The summed E-state index contributed by atoms with van der Waals surface area (Å²) < 4.78 is 19.9. The Kier molecular flexibility index (Phi) is 4.86. The normalized spacial score (nSPS) is 17.9. The van der Waals surface area contributed by atoms with Gasteiger partial charge in [-0.2, -0.15) is 5.26 Å². The van der Waals surface area contributed by atoms with Gasteiger partial charge in [0, 0.05) is 16.6 Å². The van der Waals surface area contributed by atoms with E-state index in [1.54, 1.807) is 25.1 Å². The van der Waals surface area contributed by atoms with Crippen molar-refractivity contribution in [3.63, 3.8) is 0 Å². The molecule has 2 aromatic carbocycles. The van der Waals surface area contributed by atoms with Crippen molar-refractivity contribution in [2.24, 2.45) is 5.10 Å². The molecule has 28 heavy (non-hydrogen) atoms. The zero-order valence-electron chi connectivity index (χ0n) is 14.9. The van der Waals surface area contributed by atoms with E-state index in [-0.39, 0.29) is 5.82 Å². The minimum atomic E-state index is -0.760. The van der Waals surface area contributed by atoms with Gasteiger partial charge in [-0.15, -0.1) is 16.4 Å². The van der Waals surface area contributed by atoms with Crippen LogP contribution in [-0.4, -0.2) is 29.4 Å². The van der Waals surface area contributed by atoms with Crippen LogP contribution >= 0.6 is 11.3 Å². The maximum absolute atomic E-state index is 13.1. The van der Waals surface area contributed by atoms with Crippen LogP contribution in [0.15, 0.2) is 52.9 Å². The van der Waals surface area contributed by atoms with E-state index in [2.05, 4.69) is 21.9 Å². The summed E-state index contributed by atoms with van der Waals surface area (Å²) in [5, 5.41) is 29.9. The van der Waals surface area contributed by atoms with Crippen molar-refractivity contribution in [1.29, 1.82) is 5.26 Å². The summed E-state index contributed by atoms with van der Waals surface area (Å²) in [4.78, 5) is 0. The lowest BCUT2D eigenvalue weighted by molar-refractivity contribution is 0.0797. The van der Waals surface area contributed by atoms with Gasteiger partial charge in [0.05, 0.1) is 16.4 Å². The Bertz CT molecular complexity index is 1070. The molecule has 1 aliphatic heterocycles. The highest BCUT2D eigenvalue weighted by Gasteiger charge is 2.33. The van der Waals surface area contributed by atoms with Gasteiger partial charge in [0.2, 0.25) is 12.1 Å². The van der Waals surface area contributed by atoms with Gasteiger partial charge in [-0.3, -0.25) is 5.43 Å². The van der Waals surface area contributed by atoms with Crippen LogP contribution in [0.25, 0.3) is 10.1 Å². The molecule has 0 saturated carbocycles. The lowest BCUT2D eigenvalue weighted by Crippen LogP contribution is -2.47. The molecular weight excluding hydrogens is 379 g/mol. The summed E-state index contributed by atoms with van der Waals surface area (Å²) in [7, 11) is 0. The first-order chi connectivity index (χ1) is 13.6. The van der Waals surface area contributed by atoms with E-state index in [0.717, 1.165) is 15.8 Å². The van der Waals surface area contributed by atoms with Crippen molar-refractivity contribution < 1.29 is 14.2 Å². The highest BCUT2D eigenvalue weighted by Crippen LogP contribution is 2.32. The van der Waals surface area contributed by atoms with Crippen molar-refractivity contribution in [2.75, 3.05) is 5.32 Å². The largest absolute Gasteiger partial charge is 0.448 e. The molecule has 142 valence electrons. The van der Waals surface area contributed by atoms with E-state index in [1.807, 2.05) is 17.5 Å². The second-order valence-electron chi connectivity index (χ2n) is 6.44. The molecule has 3 atom stereocenters. The van der Waals surface area contributed by atoms with E-state index < -0.39 is 18.4 Å². The SMILES string of the molecule is C[C@@H](O)[C@@H](Nc1ccc(C#N)c2sccc12)C1NN=C(c2ccc(F)cc2)O1. The van der Waals surface area contributed by atoms with Gasteiger partial charge in [-0.05, 0) is 54.8 Å². The van der Waals surface area contributed by atoms with Crippen molar-refractivity contribution in [3.8, 4) is 6.07 Å². The monoisotopic (exact) mass is 396 g/mol. The third-order valence-electron chi connectivity index (χ3n) is 4.53. The maximum Gasteiger partial charge on any atom is 0.240 e. The van der Waals surface area contributed by atoms with Crippen molar-refractivity contribution in [3.05, 3.63) is 64.8 Å². The third-order valence-corrected chi connectivity index (χ3v) is 5.48. The number of aliphatic hydroxyl groups is 1. The molecule has 0 fully saturated rings. The number of rotatable bonds is 5. The molecule has 6 nitrogen and oxygen atoms in total. The average molecular weight is 396 g/mol. The highest BCUT2D eigenvalue weighted by molar-refractivity contribution is 7.17. The van der Waals surface area contributed by atoms with Gasteiger partial charge in [0.25, 0.3) is 0 Å². The zero-order valence-corrected chi connectivity index (χ0v) is 15.7. The van der Waals surface area contributed by atoms with Crippen LogP contribution in [0.2, 0.25) is 0 Å². The van der Waals surface area contributed by atoms with Gasteiger partial charge in [-0.25, -0.2) is 4.39 Å². The fraction of sp³-hybridized carbons (Fsp3) is 0.200. The van der Waals surface area contributed by atoms with Gasteiger partial charge >= 0.3 is 0 Å². The van der Waals surface area contributed by atoms with Gasteiger partial charge in [-0.1, -0.05) is 0 Å². The Morgan fingerprint density at radius 2 is 2.07 bits per heavy atom. The molecule has 0 aliphatic carbocycles. The van der Waals surface area contributed by atoms with E-state index in [1.165, 1.54) is 23.5 Å². The number of fused-ring (bicyclic) bond motifs is 1. The van der Waals surface area contributed by atoms with E-state index in [4.69, 9.17) is 4.74 Å². The predicted molar refractivity (Wildman–Crippen MR) is 107 cm³/mol. The van der Waals surface area contributed by atoms with Crippen LogP contribution in [0.4, 0.5) is 10.1 Å². The van der Waals surface area contributed by atoms with Crippen LogP contribution in [-0.2, 0) is 4.74 Å². The second-order valence-corrected chi connectivity index (χ2v) is 7.35. The summed E-state index contributed by atoms with van der Waals surface area (Å²) in [5.41, 5.74) is 4.93. The Morgan fingerprint density at radius 3 is 2.79 bits per heavy atom. The fourth-order valence-electron chi connectivity index (χ4n) is 3.08. The predicted octanol–water partition coefficient (Wildman–Crippen LogP) is 3.38. The number of thiophene rings is 1. The van der Waals surface area contributed by atoms with Gasteiger partial charge in [0.15, 0.2) is 0 Å². The maximum atomic E-state index is 13.1. The number of hydrogen-bond acceptors (Lipinski definition) is 7. The highest BCUT2D eigenvalue weighted by atomic mass is 32.1. The lowest BCUT2D eigenvalue weighted by Gasteiger charge is -2.27. The van der Waals surface area contributed by atoms with E-state index in [0.29, 0.717) is 17.0 Å². The molecule has 0 spiro atoms. The number of ether oxygens (including phenoxy) is 1. The Hall–Kier alpha value is -3.15. The molecule has 1 unspecified atom stereocenters. The van der Waals surface area contributed by atoms with Crippen molar-refractivity contribution >= 4 is 33.0 Å². The third kappa shape index (κ3) is 3.38. The van der Waals surface area contributed by atoms with E-state index in [9.17, 15) is 14.8 Å². The van der Waals surface area contributed by atoms with Gasteiger partial charge in [0.1, 0.15) is 17.9 Å². The van der Waals surface area contributed by atoms with Crippen LogP contribution in [0.5, 0.6) is 0 Å². The van der Waals surface area contributed by atoms with Crippen molar-refractivity contribution in [1.82, 2.24) is 5.43 Å². The van der Waals surface area contributed by atoms with Crippen LogP contribution < -0.4 is 10.7 Å². The number of nitrogens with one attached hydrogen (secondary N) is 2. The molecule has 0 radical (unpaired) electrons. The van der Waals surface area contributed by atoms with E-state index >= 15 is 0 Å².